The first-order valence-corrected chi connectivity index (χ1v) is 8.64. The largest absolute Gasteiger partial charge is 0.497 e. The summed E-state index contributed by atoms with van der Waals surface area (Å²) >= 11 is 0. The summed E-state index contributed by atoms with van der Waals surface area (Å²) in [6.45, 7) is 0.704. The monoisotopic (exact) mass is 387 g/mol. The molecule has 0 saturated heterocycles. The first-order valence-electron chi connectivity index (χ1n) is 8.64. The van der Waals surface area contributed by atoms with Crippen molar-refractivity contribution in [2.75, 3.05) is 41.6 Å². The number of ether oxygens (including phenoxy) is 5. The van der Waals surface area contributed by atoms with Gasteiger partial charge in [0.15, 0.2) is 11.5 Å². The lowest BCUT2D eigenvalue weighted by molar-refractivity contribution is -0.116. The third-order valence-corrected chi connectivity index (χ3v) is 3.86. The molecule has 28 heavy (non-hydrogen) atoms. The summed E-state index contributed by atoms with van der Waals surface area (Å²) in [6.07, 6.45) is 3.08. The van der Waals surface area contributed by atoms with Gasteiger partial charge in [-0.2, -0.15) is 0 Å². The molecule has 0 bridgehead atoms. The van der Waals surface area contributed by atoms with Gasteiger partial charge in [-0.3, -0.25) is 4.79 Å². The summed E-state index contributed by atoms with van der Waals surface area (Å²) in [7, 11) is 6.21. The summed E-state index contributed by atoms with van der Waals surface area (Å²) < 4.78 is 26.7. The first kappa shape index (κ1) is 21.0. The zero-order chi connectivity index (χ0) is 20.4. The number of methoxy groups -OCH3 is 4. The number of carbonyl (C=O) groups excluding carboxylic acids is 1. The lowest BCUT2D eigenvalue weighted by Crippen LogP contribution is -2.26. The van der Waals surface area contributed by atoms with E-state index in [1.807, 2.05) is 18.2 Å². The predicted molar refractivity (Wildman–Crippen MR) is 107 cm³/mol. The average molecular weight is 387 g/mol. The molecular formula is C21H25NO6. The van der Waals surface area contributed by atoms with Crippen molar-refractivity contribution in [1.82, 2.24) is 5.32 Å². The van der Waals surface area contributed by atoms with Crippen LogP contribution in [0.15, 0.2) is 42.5 Å². The molecule has 0 heterocycles. The van der Waals surface area contributed by atoms with Gasteiger partial charge in [-0.05, 0) is 30.3 Å². The lowest BCUT2D eigenvalue weighted by Gasteiger charge is -2.14. The van der Waals surface area contributed by atoms with Crippen LogP contribution in [0.4, 0.5) is 0 Å². The van der Waals surface area contributed by atoms with Crippen molar-refractivity contribution in [1.29, 1.82) is 0 Å². The van der Waals surface area contributed by atoms with E-state index < -0.39 is 0 Å². The second kappa shape index (κ2) is 10.7. The molecule has 7 nitrogen and oxygen atoms in total. The van der Waals surface area contributed by atoms with E-state index in [0.29, 0.717) is 47.5 Å². The molecule has 0 spiro atoms. The minimum Gasteiger partial charge on any atom is -0.497 e. The Balaban J connectivity index is 1.89. The number of carbonyl (C=O) groups is 1. The lowest BCUT2D eigenvalue weighted by atomic mass is 10.1. The van der Waals surface area contributed by atoms with Gasteiger partial charge in [0.05, 0.1) is 35.0 Å². The van der Waals surface area contributed by atoms with Crippen molar-refractivity contribution in [2.45, 2.75) is 0 Å². The number of benzene rings is 2. The SMILES string of the molecule is COc1cccc(OCCNC(=O)/C=C/c2ccc(OC)c(OC)c2OC)c1. The van der Waals surface area contributed by atoms with E-state index in [2.05, 4.69) is 5.32 Å². The third kappa shape index (κ3) is 5.57. The van der Waals surface area contributed by atoms with Crippen LogP contribution >= 0.6 is 0 Å². The third-order valence-electron chi connectivity index (χ3n) is 3.86. The molecule has 2 aromatic rings. The van der Waals surface area contributed by atoms with Gasteiger partial charge in [-0.1, -0.05) is 6.07 Å². The highest BCUT2D eigenvalue weighted by Gasteiger charge is 2.14. The van der Waals surface area contributed by atoms with Crippen molar-refractivity contribution >= 4 is 12.0 Å². The van der Waals surface area contributed by atoms with E-state index in [1.54, 1.807) is 38.5 Å². The van der Waals surface area contributed by atoms with Crippen LogP contribution in [0.3, 0.4) is 0 Å². The second-order valence-electron chi connectivity index (χ2n) is 5.58. The Morgan fingerprint density at radius 2 is 1.68 bits per heavy atom. The van der Waals surface area contributed by atoms with Gasteiger partial charge in [0.1, 0.15) is 18.1 Å². The van der Waals surface area contributed by atoms with Crippen molar-refractivity contribution in [3.05, 3.63) is 48.0 Å². The Kier molecular flexibility index (Phi) is 8.02. The maximum atomic E-state index is 12.0. The van der Waals surface area contributed by atoms with Crippen molar-refractivity contribution < 1.29 is 28.5 Å². The van der Waals surface area contributed by atoms with Gasteiger partial charge < -0.3 is 29.0 Å². The fourth-order valence-electron chi connectivity index (χ4n) is 2.51. The van der Waals surface area contributed by atoms with E-state index in [0.717, 1.165) is 0 Å². The molecule has 0 unspecified atom stereocenters. The van der Waals surface area contributed by atoms with Crippen LogP contribution in [0, 0.1) is 0 Å². The Hall–Kier alpha value is -3.35. The second-order valence-corrected chi connectivity index (χ2v) is 5.58. The molecule has 0 saturated carbocycles. The molecule has 0 fully saturated rings. The molecule has 0 aliphatic rings. The van der Waals surface area contributed by atoms with E-state index in [9.17, 15) is 4.79 Å². The highest BCUT2D eigenvalue weighted by atomic mass is 16.5. The van der Waals surface area contributed by atoms with Gasteiger partial charge in [0.2, 0.25) is 11.7 Å². The fraction of sp³-hybridized carbons (Fsp3) is 0.286. The van der Waals surface area contributed by atoms with Gasteiger partial charge in [0, 0.05) is 17.7 Å². The number of nitrogens with one attached hydrogen (secondary N) is 1. The maximum absolute atomic E-state index is 12.0. The van der Waals surface area contributed by atoms with Crippen LogP contribution < -0.4 is 29.0 Å². The molecule has 0 aromatic heterocycles. The normalized spacial score (nSPS) is 10.4. The molecule has 0 atom stereocenters. The fourth-order valence-corrected chi connectivity index (χ4v) is 2.51. The minimum atomic E-state index is -0.244. The molecular weight excluding hydrogens is 362 g/mol. The average Bonchev–Trinajstić information content (AvgIpc) is 2.74. The predicted octanol–water partition coefficient (Wildman–Crippen LogP) is 2.93. The molecule has 1 amide bonds. The Labute approximate surface area is 164 Å². The molecule has 2 rings (SSSR count). The number of hydrogen-bond acceptors (Lipinski definition) is 6. The Morgan fingerprint density at radius 1 is 0.929 bits per heavy atom. The quantitative estimate of drug-likeness (QED) is 0.499. The summed E-state index contributed by atoms with van der Waals surface area (Å²) in [4.78, 5) is 12.0. The van der Waals surface area contributed by atoms with Crippen LogP contribution in [0.2, 0.25) is 0 Å². The van der Waals surface area contributed by atoms with Gasteiger partial charge in [-0.25, -0.2) is 0 Å². The summed E-state index contributed by atoms with van der Waals surface area (Å²) in [5, 5.41) is 2.76. The van der Waals surface area contributed by atoms with E-state index in [-0.39, 0.29) is 5.91 Å². The van der Waals surface area contributed by atoms with Crippen molar-refractivity contribution in [3.8, 4) is 28.7 Å². The topological polar surface area (TPSA) is 75.3 Å². The molecule has 0 radical (unpaired) electrons. The highest BCUT2D eigenvalue weighted by molar-refractivity contribution is 5.92. The van der Waals surface area contributed by atoms with Crippen LogP contribution in [0.5, 0.6) is 28.7 Å². The Morgan fingerprint density at radius 3 is 2.36 bits per heavy atom. The van der Waals surface area contributed by atoms with Gasteiger partial charge >= 0.3 is 0 Å². The zero-order valence-electron chi connectivity index (χ0n) is 16.5. The molecule has 0 aliphatic carbocycles. The van der Waals surface area contributed by atoms with Crippen LogP contribution in [-0.2, 0) is 4.79 Å². The minimum absolute atomic E-state index is 0.244. The van der Waals surface area contributed by atoms with Gasteiger partial charge in [0.25, 0.3) is 0 Å². The van der Waals surface area contributed by atoms with Crippen LogP contribution in [-0.4, -0.2) is 47.5 Å². The van der Waals surface area contributed by atoms with E-state index in [4.69, 9.17) is 23.7 Å². The van der Waals surface area contributed by atoms with Crippen LogP contribution in [0.25, 0.3) is 6.08 Å². The molecule has 2 aromatic carbocycles. The summed E-state index contributed by atoms with van der Waals surface area (Å²) in [5.41, 5.74) is 0.697. The maximum Gasteiger partial charge on any atom is 0.244 e. The summed E-state index contributed by atoms with van der Waals surface area (Å²) in [5.74, 6) is 2.67. The molecule has 0 aliphatic heterocycles. The van der Waals surface area contributed by atoms with E-state index >= 15 is 0 Å². The van der Waals surface area contributed by atoms with Crippen molar-refractivity contribution in [3.63, 3.8) is 0 Å². The zero-order valence-corrected chi connectivity index (χ0v) is 16.5. The smallest absolute Gasteiger partial charge is 0.244 e. The molecule has 150 valence electrons. The molecule has 7 heteroatoms. The highest BCUT2D eigenvalue weighted by Crippen LogP contribution is 2.40. The number of rotatable bonds is 10. The van der Waals surface area contributed by atoms with Crippen LogP contribution in [0.1, 0.15) is 5.56 Å². The summed E-state index contributed by atoms with van der Waals surface area (Å²) in [6, 6.07) is 10.8. The number of amides is 1. The van der Waals surface area contributed by atoms with E-state index in [1.165, 1.54) is 20.3 Å². The standard InChI is InChI=1S/C21H25NO6/c1-24-16-6-5-7-17(14-16)28-13-12-22-19(23)11-9-15-8-10-18(25-2)21(27-4)20(15)26-3/h5-11,14H,12-13H2,1-4H3,(H,22,23)/b11-9+. The Bertz CT molecular complexity index is 819. The molecule has 1 N–H and O–H groups in total. The van der Waals surface area contributed by atoms with Crippen molar-refractivity contribution in [2.24, 2.45) is 0 Å². The number of hydrogen-bond donors (Lipinski definition) is 1. The first-order chi connectivity index (χ1) is 13.6. The van der Waals surface area contributed by atoms with Gasteiger partial charge in [-0.15, -0.1) is 0 Å².